The summed E-state index contributed by atoms with van der Waals surface area (Å²) < 4.78 is 0. The number of hydrogen-bond acceptors (Lipinski definition) is 1. The zero-order valence-corrected chi connectivity index (χ0v) is 24.5. The molecule has 196 valence electrons. The number of fused-ring (bicyclic) bond motifs is 3. The molecule has 3 aromatic carbocycles. The molecule has 0 N–H and O–H groups in total. The fraction of sp³-hybridized carbons (Fsp3) is 0.471. The molecule has 4 aliphatic rings. The van der Waals surface area contributed by atoms with Crippen molar-refractivity contribution < 1.29 is 0 Å². The Hall–Kier alpha value is -1.68. The molecular weight excluding hydrogens is 484 g/mol. The molecular formula is C34H45NP2. The Kier molecular flexibility index (Phi) is 6.67. The van der Waals surface area contributed by atoms with Gasteiger partial charge in [-0.05, 0) is 0 Å². The minimum atomic E-state index is -2.28. The van der Waals surface area contributed by atoms with Gasteiger partial charge in [0.1, 0.15) is 0 Å². The molecule has 37 heavy (non-hydrogen) atoms. The monoisotopic (exact) mass is 529 g/mol. The second kappa shape index (κ2) is 10.1. The van der Waals surface area contributed by atoms with E-state index in [1.54, 1.807) is 27.8 Å². The second-order valence-corrected chi connectivity index (χ2v) is 21.9. The van der Waals surface area contributed by atoms with E-state index >= 15 is 0 Å². The van der Waals surface area contributed by atoms with E-state index in [1.165, 1.54) is 77.2 Å². The molecule has 1 atom stereocenters. The number of anilines is 1. The molecule has 3 fully saturated rings. The van der Waals surface area contributed by atoms with Gasteiger partial charge < -0.3 is 0 Å². The van der Waals surface area contributed by atoms with Crippen molar-refractivity contribution >= 4 is 36.1 Å². The van der Waals surface area contributed by atoms with Crippen molar-refractivity contribution in [2.75, 3.05) is 17.6 Å². The molecule has 1 saturated heterocycles. The molecule has 3 aromatic rings. The van der Waals surface area contributed by atoms with Crippen LogP contribution in [0.1, 0.15) is 70.6 Å². The quantitative estimate of drug-likeness (QED) is 0.314. The predicted molar refractivity (Wildman–Crippen MR) is 169 cm³/mol. The first-order chi connectivity index (χ1) is 18.4. The van der Waals surface area contributed by atoms with Crippen molar-refractivity contribution in [1.82, 2.24) is 0 Å². The molecule has 1 nitrogen and oxygen atoms in total. The van der Waals surface area contributed by atoms with Gasteiger partial charge in [-0.1, -0.05) is 0 Å². The molecule has 0 unspecified atom stereocenters. The van der Waals surface area contributed by atoms with Crippen LogP contribution in [0.5, 0.6) is 0 Å². The molecule has 0 radical (unpaired) electrons. The average Bonchev–Trinajstić information content (AvgIpc) is 3.31. The van der Waals surface area contributed by atoms with Gasteiger partial charge in [0.15, 0.2) is 0 Å². The van der Waals surface area contributed by atoms with Crippen LogP contribution >= 0.6 is 14.5 Å². The number of hydrogen-bond donors (Lipinski definition) is 0. The van der Waals surface area contributed by atoms with Gasteiger partial charge in [-0.25, -0.2) is 0 Å². The molecule has 0 aromatic heterocycles. The summed E-state index contributed by atoms with van der Waals surface area (Å²) in [5, 5.41) is 5.07. The Labute approximate surface area is 225 Å². The summed E-state index contributed by atoms with van der Waals surface area (Å²) >= 11 is 0. The summed E-state index contributed by atoms with van der Waals surface area (Å²) in [6.45, 7) is 1.27. The Morgan fingerprint density at radius 2 is 1.05 bits per heavy atom. The number of para-hydroxylation sites is 1. The molecule has 7 rings (SSSR count). The van der Waals surface area contributed by atoms with Crippen molar-refractivity contribution in [2.45, 2.75) is 87.5 Å². The van der Waals surface area contributed by atoms with E-state index < -0.39 is 14.5 Å². The zero-order chi connectivity index (χ0) is 24.7. The Bertz CT molecular complexity index is 1140. The van der Waals surface area contributed by atoms with Crippen LogP contribution in [0.2, 0.25) is 0 Å². The van der Waals surface area contributed by atoms with E-state index in [9.17, 15) is 0 Å². The Morgan fingerprint density at radius 3 is 1.62 bits per heavy atom. The number of rotatable bonds is 4. The van der Waals surface area contributed by atoms with Crippen LogP contribution in [0, 0.1) is 0 Å². The molecule has 3 heteroatoms. The van der Waals surface area contributed by atoms with Gasteiger partial charge in [-0.15, -0.1) is 0 Å². The summed E-state index contributed by atoms with van der Waals surface area (Å²) in [6.07, 6.45) is 18.0. The van der Waals surface area contributed by atoms with E-state index in [4.69, 9.17) is 0 Å². The predicted octanol–water partition coefficient (Wildman–Crippen LogP) is 7.64. The summed E-state index contributed by atoms with van der Waals surface area (Å²) in [4.78, 5) is 3.07. The van der Waals surface area contributed by atoms with Crippen molar-refractivity contribution in [1.29, 1.82) is 0 Å². The SMILES string of the molecule is c1ccc([PH]2(c3ccccc3)c3ccccc3N3CCC[PH](C4CCCCC4)(C4CCCCC4)[C@H]32)cc1. The first-order valence-electron chi connectivity index (χ1n) is 15.3. The van der Waals surface area contributed by atoms with Crippen LogP contribution in [0.3, 0.4) is 0 Å². The minimum absolute atomic E-state index is 0.766. The van der Waals surface area contributed by atoms with E-state index in [0.29, 0.717) is 0 Å². The van der Waals surface area contributed by atoms with Gasteiger partial charge in [0.25, 0.3) is 0 Å². The van der Waals surface area contributed by atoms with Crippen LogP contribution in [0.4, 0.5) is 5.69 Å². The summed E-state index contributed by atoms with van der Waals surface area (Å²) in [6, 6.07) is 33.7. The maximum atomic E-state index is 3.07. The molecule has 0 amide bonds. The fourth-order valence-electron chi connectivity index (χ4n) is 9.88. The van der Waals surface area contributed by atoms with Gasteiger partial charge >= 0.3 is 226 Å². The molecule has 0 bridgehead atoms. The third-order valence-corrected chi connectivity index (χ3v) is 25.6. The van der Waals surface area contributed by atoms with Crippen molar-refractivity contribution in [3.63, 3.8) is 0 Å². The second-order valence-electron chi connectivity index (χ2n) is 12.5. The van der Waals surface area contributed by atoms with Gasteiger partial charge in [0, 0.05) is 0 Å². The van der Waals surface area contributed by atoms with E-state index in [2.05, 4.69) is 89.8 Å². The van der Waals surface area contributed by atoms with Crippen molar-refractivity contribution in [3.05, 3.63) is 84.9 Å². The summed E-state index contributed by atoms with van der Waals surface area (Å²) in [7, 11) is -4.01. The van der Waals surface area contributed by atoms with Gasteiger partial charge in [0.05, 0.1) is 0 Å². The molecule has 2 aliphatic carbocycles. The van der Waals surface area contributed by atoms with Gasteiger partial charge in [-0.2, -0.15) is 0 Å². The first-order valence-corrected chi connectivity index (χ1v) is 19.9. The summed E-state index contributed by atoms with van der Waals surface area (Å²) in [5.41, 5.74) is 4.41. The summed E-state index contributed by atoms with van der Waals surface area (Å²) in [5.74, 6) is 0. The van der Waals surface area contributed by atoms with E-state index in [1.807, 2.05) is 0 Å². The van der Waals surface area contributed by atoms with Gasteiger partial charge in [-0.3, -0.25) is 0 Å². The van der Waals surface area contributed by atoms with Crippen LogP contribution in [-0.2, 0) is 0 Å². The topological polar surface area (TPSA) is 3.24 Å². The molecule has 2 saturated carbocycles. The van der Waals surface area contributed by atoms with Gasteiger partial charge in [0.2, 0.25) is 0 Å². The third-order valence-electron chi connectivity index (χ3n) is 11.1. The number of benzene rings is 3. The fourth-order valence-corrected chi connectivity index (χ4v) is 28.7. The van der Waals surface area contributed by atoms with Crippen LogP contribution in [0.15, 0.2) is 84.9 Å². The standard InChI is InChI=1S/C34H45NP2/c1-5-16-28(17-6-1)36(29-18-7-2-8-19-29)27-15-26-35-32-24-13-14-25-33(32)37(34(35)36,30-20-9-3-10-21-30)31-22-11-4-12-23-31/h3-4,9-14,20-25,28-29,34,36-37H,1-2,5-8,15-19,26-27H2/t34-/m0/s1. The van der Waals surface area contributed by atoms with Crippen LogP contribution < -0.4 is 20.8 Å². The molecule has 2 heterocycles. The first kappa shape index (κ1) is 24.4. The molecule has 0 spiro atoms. The third kappa shape index (κ3) is 3.71. The molecule has 2 aliphatic heterocycles. The van der Waals surface area contributed by atoms with Crippen molar-refractivity contribution in [3.8, 4) is 0 Å². The average molecular weight is 530 g/mol. The van der Waals surface area contributed by atoms with E-state index in [0.717, 1.165) is 16.8 Å². The maximum absolute atomic E-state index is 3.07. The van der Waals surface area contributed by atoms with Crippen molar-refractivity contribution in [2.24, 2.45) is 0 Å². The Balaban J connectivity index is 1.55. The van der Waals surface area contributed by atoms with Crippen LogP contribution in [0.25, 0.3) is 0 Å². The van der Waals surface area contributed by atoms with E-state index in [-0.39, 0.29) is 0 Å². The van der Waals surface area contributed by atoms with Crippen LogP contribution in [-0.4, -0.2) is 29.5 Å². The zero-order valence-electron chi connectivity index (χ0n) is 22.5. The number of nitrogens with zero attached hydrogens (tertiary/aromatic N) is 1. The normalized spacial score (nSPS) is 27.1. The Morgan fingerprint density at radius 1 is 0.541 bits per heavy atom.